The highest BCUT2D eigenvalue weighted by atomic mass is 19.4. The van der Waals surface area contributed by atoms with Crippen LogP contribution in [0.15, 0.2) is 42.5 Å². The van der Waals surface area contributed by atoms with Crippen molar-refractivity contribution in [1.82, 2.24) is 9.80 Å². The molecule has 0 aliphatic carbocycles. The number of alkyl halides is 3. The van der Waals surface area contributed by atoms with Crippen LogP contribution in [0.5, 0.6) is 0 Å². The van der Waals surface area contributed by atoms with Gasteiger partial charge in [0.15, 0.2) is 0 Å². The molecule has 11 heteroatoms. The number of aliphatic hydroxyl groups excluding tert-OH is 1. The quantitative estimate of drug-likeness (QED) is 0.413. The van der Waals surface area contributed by atoms with Gasteiger partial charge in [-0.2, -0.15) is 13.2 Å². The average Bonchev–Trinajstić information content (AvgIpc) is 2.82. The second-order valence-corrected chi connectivity index (χ2v) is 8.87. The Kier molecular flexibility index (Phi) is 10.6. The van der Waals surface area contributed by atoms with E-state index in [2.05, 4.69) is 5.32 Å². The van der Waals surface area contributed by atoms with E-state index in [1.165, 1.54) is 12.0 Å². The average molecular weight is 518 g/mol. The molecule has 200 valence electrons. The number of amides is 2. The van der Waals surface area contributed by atoms with E-state index in [0.717, 1.165) is 42.5 Å². The van der Waals surface area contributed by atoms with Crippen LogP contribution in [0.2, 0.25) is 0 Å². The molecule has 0 aliphatic rings. The molecule has 3 atom stereocenters. The highest BCUT2D eigenvalue weighted by molar-refractivity contribution is 5.89. The third-order valence-corrected chi connectivity index (χ3v) is 5.88. The normalized spacial score (nSPS) is 14.4. The van der Waals surface area contributed by atoms with Crippen LogP contribution in [0.25, 0.3) is 0 Å². The summed E-state index contributed by atoms with van der Waals surface area (Å²) in [6.45, 7) is 3.79. The van der Waals surface area contributed by atoms with Crippen molar-refractivity contribution in [2.75, 3.05) is 39.2 Å². The maximum absolute atomic E-state index is 14.0. The van der Waals surface area contributed by atoms with Crippen molar-refractivity contribution in [3.63, 3.8) is 0 Å². The summed E-state index contributed by atoms with van der Waals surface area (Å²) >= 11 is 0. The molecule has 2 amide bonds. The topological polar surface area (TPSA) is 65.0 Å². The van der Waals surface area contributed by atoms with Crippen LogP contribution >= 0.6 is 0 Å². The highest BCUT2D eigenvalue weighted by Gasteiger charge is 2.30. The Morgan fingerprint density at radius 3 is 2.28 bits per heavy atom. The molecule has 2 N–H and O–H groups in total. The van der Waals surface area contributed by atoms with Crippen molar-refractivity contribution < 1.29 is 36.6 Å². The summed E-state index contributed by atoms with van der Waals surface area (Å²) in [5.74, 6) is -1.31. The minimum absolute atomic E-state index is 0.140. The highest BCUT2D eigenvalue weighted by Crippen LogP contribution is 2.30. The Balaban J connectivity index is 2.06. The Morgan fingerprint density at radius 1 is 1.08 bits per heavy atom. The first-order valence-electron chi connectivity index (χ1n) is 11.4. The lowest BCUT2D eigenvalue weighted by Gasteiger charge is -2.34. The van der Waals surface area contributed by atoms with Crippen LogP contribution in [0.3, 0.4) is 0 Å². The molecule has 0 fully saturated rings. The predicted molar refractivity (Wildman–Crippen MR) is 126 cm³/mol. The Labute approximate surface area is 207 Å². The summed E-state index contributed by atoms with van der Waals surface area (Å²) in [4.78, 5) is 16.1. The van der Waals surface area contributed by atoms with E-state index in [1.807, 2.05) is 6.92 Å². The number of likely N-dealkylation sites (N-methyl/N-ethyl adjacent to an activating group) is 1. The molecule has 0 unspecified atom stereocenters. The van der Waals surface area contributed by atoms with Gasteiger partial charge in [-0.05, 0) is 56.4 Å². The van der Waals surface area contributed by atoms with E-state index in [1.54, 1.807) is 18.9 Å². The molecule has 0 heterocycles. The third kappa shape index (κ3) is 8.42. The number of urea groups is 1. The molecule has 2 aromatic carbocycles. The number of aliphatic hydroxyl groups is 1. The summed E-state index contributed by atoms with van der Waals surface area (Å²) in [6, 6.07) is 6.13. The van der Waals surface area contributed by atoms with Crippen LogP contribution in [0, 0.1) is 17.6 Å². The Morgan fingerprint density at radius 2 is 1.72 bits per heavy atom. The lowest BCUT2D eigenvalue weighted by molar-refractivity contribution is -0.137. The molecular formula is C25H32F5N3O3. The monoisotopic (exact) mass is 517 g/mol. The number of nitrogens with one attached hydrogen (secondary N) is 1. The maximum atomic E-state index is 14.0. The van der Waals surface area contributed by atoms with E-state index in [0.29, 0.717) is 6.54 Å². The maximum Gasteiger partial charge on any atom is 0.416 e. The summed E-state index contributed by atoms with van der Waals surface area (Å²) in [7, 11) is 3.23. The number of halogens is 5. The first kappa shape index (κ1) is 29.5. The zero-order chi connectivity index (χ0) is 27.0. The van der Waals surface area contributed by atoms with E-state index in [-0.39, 0.29) is 36.9 Å². The summed E-state index contributed by atoms with van der Waals surface area (Å²) in [5.41, 5.74) is -0.456. The fourth-order valence-electron chi connectivity index (χ4n) is 3.74. The lowest BCUT2D eigenvalue weighted by Crippen LogP contribution is -2.48. The van der Waals surface area contributed by atoms with Gasteiger partial charge < -0.3 is 20.1 Å². The van der Waals surface area contributed by atoms with Gasteiger partial charge in [-0.3, -0.25) is 4.90 Å². The zero-order valence-corrected chi connectivity index (χ0v) is 20.6. The Bertz CT molecular complexity index is 988. The number of ether oxygens (including phenoxy) is 1. The lowest BCUT2D eigenvalue weighted by atomic mass is 10.0. The van der Waals surface area contributed by atoms with Crippen molar-refractivity contribution in [2.24, 2.45) is 5.92 Å². The summed E-state index contributed by atoms with van der Waals surface area (Å²) in [6.07, 6.45) is -4.89. The van der Waals surface area contributed by atoms with Gasteiger partial charge in [0.2, 0.25) is 0 Å². The van der Waals surface area contributed by atoms with Gasteiger partial charge in [0.25, 0.3) is 0 Å². The van der Waals surface area contributed by atoms with Gasteiger partial charge >= 0.3 is 12.2 Å². The van der Waals surface area contributed by atoms with E-state index >= 15 is 0 Å². The first-order chi connectivity index (χ1) is 16.8. The number of anilines is 1. The Hall–Kier alpha value is -2.76. The zero-order valence-electron chi connectivity index (χ0n) is 20.6. The second kappa shape index (κ2) is 13.0. The molecule has 36 heavy (non-hydrogen) atoms. The molecule has 0 saturated heterocycles. The molecule has 0 bridgehead atoms. The van der Waals surface area contributed by atoms with Gasteiger partial charge in [-0.15, -0.1) is 0 Å². The van der Waals surface area contributed by atoms with Crippen LogP contribution in [0.1, 0.15) is 25.0 Å². The van der Waals surface area contributed by atoms with Gasteiger partial charge in [-0.25, -0.2) is 13.6 Å². The molecule has 2 aromatic rings. The molecule has 2 rings (SSSR count). The van der Waals surface area contributed by atoms with Crippen molar-refractivity contribution in [3.8, 4) is 0 Å². The summed E-state index contributed by atoms with van der Waals surface area (Å²) < 4.78 is 71.5. The fraction of sp³-hybridized carbons (Fsp3) is 0.480. The molecular weight excluding hydrogens is 485 g/mol. The number of hydrogen-bond donors (Lipinski definition) is 2. The number of carbonyl (C=O) groups is 1. The molecule has 0 aromatic heterocycles. The smallest absolute Gasteiger partial charge is 0.394 e. The van der Waals surface area contributed by atoms with E-state index in [4.69, 9.17) is 4.74 Å². The second-order valence-electron chi connectivity index (χ2n) is 8.87. The van der Waals surface area contributed by atoms with Crippen LogP contribution < -0.4 is 5.32 Å². The fourth-order valence-corrected chi connectivity index (χ4v) is 3.74. The van der Waals surface area contributed by atoms with Crippen molar-refractivity contribution in [3.05, 3.63) is 65.2 Å². The van der Waals surface area contributed by atoms with Gasteiger partial charge in [-0.1, -0.05) is 6.92 Å². The van der Waals surface area contributed by atoms with Gasteiger partial charge in [0, 0.05) is 43.9 Å². The number of rotatable bonds is 11. The van der Waals surface area contributed by atoms with Crippen LogP contribution in [-0.2, 0) is 17.5 Å². The van der Waals surface area contributed by atoms with Gasteiger partial charge in [0.1, 0.15) is 11.6 Å². The van der Waals surface area contributed by atoms with Gasteiger partial charge in [0.05, 0.1) is 24.3 Å². The predicted octanol–water partition coefficient (Wildman–Crippen LogP) is 4.98. The molecule has 0 radical (unpaired) electrons. The molecule has 6 nitrogen and oxygen atoms in total. The van der Waals surface area contributed by atoms with E-state index in [9.17, 15) is 31.9 Å². The SMILES string of the molecule is CO[C@H](CN(C)Cc1cc(F)ccc1F)[C@H](C)CN(C(=O)Nc1ccc(C(F)(F)F)cc1)[C@@H](C)CO. The third-order valence-electron chi connectivity index (χ3n) is 5.88. The van der Waals surface area contributed by atoms with Crippen LogP contribution in [0.4, 0.5) is 32.4 Å². The molecule has 0 spiro atoms. The molecule has 0 saturated carbocycles. The van der Waals surface area contributed by atoms with Crippen molar-refractivity contribution in [2.45, 2.75) is 38.7 Å². The van der Waals surface area contributed by atoms with Crippen molar-refractivity contribution in [1.29, 1.82) is 0 Å². The first-order valence-corrected chi connectivity index (χ1v) is 11.4. The largest absolute Gasteiger partial charge is 0.416 e. The van der Waals surface area contributed by atoms with Crippen LogP contribution in [-0.4, -0.2) is 66.9 Å². The number of hydrogen-bond acceptors (Lipinski definition) is 4. The summed E-state index contributed by atoms with van der Waals surface area (Å²) in [5, 5.41) is 12.2. The number of methoxy groups -OCH3 is 1. The minimum atomic E-state index is -4.49. The number of benzene rings is 2. The molecule has 0 aliphatic heterocycles. The van der Waals surface area contributed by atoms with Crippen molar-refractivity contribution >= 4 is 11.7 Å². The van der Waals surface area contributed by atoms with E-state index < -0.39 is 41.6 Å². The number of nitrogens with zero attached hydrogens (tertiary/aromatic N) is 2. The number of carbonyl (C=O) groups excluding carboxylic acids is 1. The minimum Gasteiger partial charge on any atom is -0.394 e. The standard InChI is InChI=1S/C25H32F5N3O3/c1-16(23(36-4)14-32(3)13-18-11-20(26)7-10-22(18)27)12-33(17(2)15-34)24(35)31-21-8-5-19(6-9-21)25(28,29)30/h5-11,16-17,23,34H,12-15H2,1-4H3,(H,31,35)/t16-,17+,23-/m1/s1.